The first-order valence-corrected chi connectivity index (χ1v) is 10.8. The summed E-state index contributed by atoms with van der Waals surface area (Å²) in [5.74, 6) is 0.818. The van der Waals surface area contributed by atoms with Gasteiger partial charge >= 0.3 is 0 Å². The molecule has 0 spiro atoms. The summed E-state index contributed by atoms with van der Waals surface area (Å²) in [4.78, 5) is 4.66. The van der Waals surface area contributed by atoms with E-state index >= 15 is 0 Å². The van der Waals surface area contributed by atoms with Crippen molar-refractivity contribution in [1.29, 1.82) is 0 Å². The molecule has 5 nitrogen and oxygen atoms in total. The average Bonchev–Trinajstić information content (AvgIpc) is 2.74. The minimum absolute atomic E-state index is 0.246. The van der Waals surface area contributed by atoms with Crippen LogP contribution in [0.5, 0.6) is 5.75 Å². The lowest BCUT2D eigenvalue weighted by atomic mass is 10.2. The van der Waals surface area contributed by atoms with E-state index in [-0.39, 0.29) is 4.90 Å². The first kappa shape index (κ1) is 20.8. The quantitative estimate of drug-likeness (QED) is 0.510. The molecule has 0 amide bonds. The molecule has 0 saturated heterocycles. The first-order valence-electron chi connectivity index (χ1n) is 9.36. The number of rotatable bonds is 8. The Kier molecular flexibility index (Phi) is 6.80. The summed E-state index contributed by atoms with van der Waals surface area (Å²) in [6.45, 7) is 2.89. The normalized spacial score (nSPS) is 11.8. The summed E-state index contributed by atoms with van der Waals surface area (Å²) >= 11 is 0. The third kappa shape index (κ3) is 5.53. The van der Waals surface area contributed by atoms with Gasteiger partial charge in [-0.2, -0.15) is 4.31 Å². The van der Waals surface area contributed by atoms with Crippen molar-refractivity contribution in [3.63, 3.8) is 0 Å². The summed E-state index contributed by atoms with van der Waals surface area (Å²) in [6, 6.07) is 23.7. The molecule has 0 fully saturated rings. The molecule has 0 N–H and O–H groups in total. The second kappa shape index (κ2) is 9.49. The van der Waals surface area contributed by atoms with Crippen molar-refractivity contribution in [1.82, 2.24) is 4.31 Å². The molecule has 0 aromatic heterocycles. The maximum atomic E-state index is 12.8. The second-order valence-electron chi connectivity index (χ2n) is 6.50. The van der Waals surface area contributed by atoms with Crippen LogP contribution < -0.4 is 4.74 Å². The highest BCUT2D eigenvalue weighted by Gasteiger charge is 2.20. The van der Waals surface area contributed by atoms with Crippen molar-refractivity contribution in [3.8, 4) is 5.75 Å². The number of nitrogens with zero attached hydrogens (tertiary/aromatic N) is 2. The number of hydrogen-bond donors (Lipinski definition) is 0. The van der Waals surface area contributed by atoms with Gasteiger partial charge in [0, 0.05) is 19.8 Å². The maximum absolute atomic E-state index is 12.8. The van der Waals surface area contributed by atoms with Gasteiger partial charge in [0.05, 0.1) is 17.2 Å². The minimum Gasteiger partial charge on any atom is -0.494 e. The Labute approximate surface area is 172 Å². The highest BCUT2D eigenvalue weighted by atomic mass is 32.2. The zero-order valence-corrected chi connectivity index (χ0v) is 17.3. The van der Waals surface area contributed by atoms with Gasteiger partial charge in [0.1, 0.15) is 5.75 Å². The Morgan fingerprint density at radius 1 is 0.931 bits per heavy atom. The van der Waals surface area contributed by atoms with Gasteiger partial charge in [-0.05, 0) is 66.6 Å². The molecule has 150 valence electrons. The Morgan fingerprint density at radius 3 is 2.21 bits per heavy atom. The van der Waals surface area contributed by atoms with Crippen LogP contribution in [0.15, 0.2) is 88.8 Å². The Hall–Kier alpha value is -2.96. The summed E-state index contributed by atoms with van der Waals surface area (Å²) in [7, 11) is -1.98. The lowest BCUT2D eigenvalue weighted by Crippen LogP contribution is -2.26. The monoisotopic (exact) mass is 408 g/mol. The van der Waals surface area contributed by atoms with E-state index < -0.39 is 10.0 Å². The highest BCUT2D eigenvalue weighted by molar-refractivity contribution is 7.89. The van der Waals surface area contributed by atoms with Crippen LogP contribution in [0.25, 0.3) is 0 Å². The lowest BCUT2D eigenvalue weighted by molar-refractivity contribution is 0.340. The van der Waals surface area contributed by atoms with Gasteiger partial charge in [0.25, 0.3) is 0 Å². The van der Waals surface area contributed by atoms with Crippen LogP contribution in [-0.2, 0) is 16.6 Å². The molecule has 0 aliphatic rings. The van der Waals surface area contributed by atoms with Crippen LogP contribution in [0.2, 0.25) is 0 Å². The number of aliphatic imine (C=N–C) groups is 1. The van der Waals surface area contributed by atoms with E-state index in [1.54, 1.807) is 37.5 Å². The van der Waals surface area contributed by atoms with Crippen molar-refractivity contribution in [3.05, 3.63) is 90.0 Å². The van der Waals surface area contributed by atoms with E-state index in [1.165, 1.54) is 4.31 Å². The molecule has 0 heterocycles. The van der Waals surface area contributed by atoms with E-state index in [2.05, 4.69) is 4.99 Å². The number of hydrogen-bond acceptors (Lipinski definition) is 4. The van der Waals surface area contributed by atoms with Crippen molar-refractivity contribution >= 4 is 21.9 Å². The predicted molar refractivity (Wildman–Crippen MR) is 116 cm³/mol. The van der Waals surface area contributed by atoms with Crippen molar-refractivity contribution in [2.45, 2.75) is 18.4 Å². The highest BCUT2D eigenvalue weighted by Crippen LogP contribution is 2.21. The summed E-state index contributed by atoms with van der Waals surface area (Å²) in [6.07, 6.45) is 1.74. The molecule has 3 aromatic carbocycles. The molecule has 0 aliphatic heterocycles. The Balaban J connectivity index is 1.68. The van der Waals surface area contributed by atoms with E-state index in [9.17, 15) is 8.42 Å². The van der Waals surface area contributed by atoms with Gasteiger partial charge in [0.15, 0.2) is 0 Å². The van der Waals surface area contributed by atoms with Gasteiger partial charge in [-0.1, -0.05) is 30.3 Å². The third-order valence-electron chi connectivity index (χ3n) is 4.35. The topological polar surface area (TPSA) is 59.0 Å². The fourth-order valence-electron chi connectivity index (χ4n) is 2.78. The zero-order valence-electron chi connectivity index (χ0n) is 16.5. The van der Waals surface area contributed by atoms with E-state index in [1.807, 2.05) is 61.5 Å². The van der Waals surface area contributed by atoms with Crippen molar-refractivity contribution in [2.75, 3.05) is 13.7 Å². The molecule has 0 aliphatic carbocycles. The van der Waals surface area contributed by atoms with E-state index in [4.69, 9.17) is 4.74 Å². The molecule has 3 rings (SSSR count). The number of ether oxygens (including phenoxy) is 1. The number of sulfonamides is 1. The molecule has 0 saturated carbocycles. The standard InChI is InChI=1S/C23H24N2O3S/c1-3-28-22-13-9-19(10-14-22)17-24-21-11-15-23(16-12-21)29(26,27)25(2)18-20-7-5-4-6-8-20/h4-17H,3,18H2,1-2H3. The van der Waals surface area contributed by atoms with Crippen molar-refractivity contribution < 1.29 is 13.2 Å². The molecule has 6 heteroatoms. The van der Waals surface area contributed by atoms with E-state index in [0.717, 1.165) is 16.9 Å². The Bertz CT molecular complexity index is 1050. The van der Waals surface area contributed by atoms with Crippen LogP contribution in [0.4, 0.5) is 5.69 Å². The lowest BCUT2D eigenvalue weighted by Gasteiger charge is -2.17. The smallest absolute Gasteiger partial charge is 0.243 e. The Morgan fingerprint density at radius 2 is 1.59 bits per heavy atom. The van der Waals surface area contributed by atoms with Crippen LogP contribution in [0.3, 0.4) is 0 Å². The van der Waals surface area contributed by atoms with E-state index in [0.29, 0.717) is 18.8 Å². The maximum Gasteiger partial charge on any atom is 0.243 e. The molecule has 29 heavy (non-hydrogen) atoms. The predicted octanol–water partition coefficient (Wildman–Crippen LogP) is 4.66. The zero-order chi connectivity index (χ0) is 20.7. The second-order valence-corrected chi connectivity index (χ2v) is 8.55. The molecule has 0 atom stereocenters. The van der Waals surface area contributed by atoms with Gasteiger partial charge < -0.3 is 4.74 Å². The van der Waals surface area contributed by atoms with Crippen molar-refractivity contribution in [2.24, 2.45) is 4.99 Å². The van der Waals surface area contributed by atoms with Gasteiger partial charge in [0.2, 0.25) is 10.0 Å². The van der Waals surface area contributed by atoms with Crippen LogP contribution in [0.1, 0.15) is 18.1 Å². The van der Waals surface area contributed by atoms with Gasteiger partial charge in [-0.3, -0.25) is 4.99 Å². The SMILES string of the molecule is CCOc1ccc(C=Nc2ccc(S(=O)(=O)N(C)Cc3ccccc3)cc2)cc1. The molecule has 3 aromatic rings. The first-order chi connectivity index (χ1) is 14.0. The van der Waals surface area contributed by atoms with Crippen LogP contribution in [-0.4, -0.2) is 32.6 Å². The summed E-state index contributed by atoms with van der Waals surface area (Å²) in [5, 5.41) is 0. The summed E-state index contributed by atoms with van der Waals surface area (Å²) < 4.78 is 32.3. The minimum atomic E-state index is -3.56. The van der Waals surface area contributed by atoms with Gasteiger partial charge in [-0.25, -0.2) is 8.42 Å². The van der Waals surface area contributed by atoms with Crippen LogP contribution >= 0.6 is 0 Å². The molecular weight excluding hydrogens is 384 g/mol. The average molecular weight is 409 g/mol. The third-order valence-corrected chi connectivity index (χ3v) is 6.16. The molecule has 0 bridgehead atoms. The summed E-state index contributed by atoms with van der Waals surface area (Å²) in [5.41, 5.74) is 2.56. The van der Waals surface area contributed by atoms with Gasteiger partial charge in [-0.15, -0.1) is 0 Å². The largest absolute Gasteiger partial charge is 0.494 e. The molecule has 0 unspecified atom stereocenters. The molecule has 0 radical (unpaired) electrons. The number of benzene rings is 3. The van der Waals surface area contributed by atoms with Crippen LogP contribution in [0, 0.1) is 0 Å². The fourth-order valence-corrected chi connectivity index (χ4v) is 3.93. The fraction of sp³-hybridized carbons (Fsp3) is 0.174. The molecular formula is C23H24N2O3S.